The third-order valence-electron chi connectivity index (χ3n) is 2.20. The van der Waals surface area contributed by atoms with Gasteiger partial charge in [0.25, 0.3) is 0 Å². The topological polar surface area (TPSA) is 58.0 Å². The summed E-state index contributed by atoms with van der Waals surface area (Å²) >= 11 is 3.40. The molecule has 0 spiro atoms. The van der Waals surface area contributed by atoms with Gasteiger partial charge in [-0.3, -0.25) is 0 Å². The van der Waals surface area contributed by atoms with E-state index >= 15 is 0 Å². The summed E-state index contributed by atoms with van der Waals surface area (Å²) in [5.41, 5.74) is 10.5. The summed E-state index contributed by atoms with van der Waals surface area (Å²) in [6.45, 7) is 0.964. The second-order valence-corrected chi connectivity index (χ2v) is 3.97. The number of halogens is 1. The van der Waals surface area contributed by atoms with Crippen molar-refractivity contribution in [3.05, 3.63) is 44.2 Å². The molecular formula is C9H8BrN3O. The van der Waals surface area contributed by atoms with E-state index < -0.39 is 0 Å². The average molecular weight is 254 g/mol. The summed E-state index contributed by atoms with van der Waals surface area (Å²) in [7, 11) is 0. The summed E-state index contributed by atoms with van der Waals surface area (Å²) in [4.78, 5) is 2.73. The van der Waals surface area contributed by atoms with Gasteiger partial charge in [-0.15, -0.1) is 0 Å². The Morgan fingerprint density at radius 2 is 2.50 bits per heavy atom. The Hall–Kier alpha value is -1.03. The molecular weight excluding hydrogens is 246 g/mol. The van der Waals surface area contributed by atoms with Crippen LogP contribution in [0, 0.1) is 0 Å². The van der Waals surface area contributed by atoms with Gasteiger partial charge in [0.1, 0.15) is 0 Å². The lowest BCUT2D eigenvalue weighted by molar-refractivity contribution is 0.0724. The van der Waals surface area contributed by atoms with E-state index in [0.29, 0.717) is 13.2 Å². The molecule has 72 valence electrons. The lowest BCUT2D eigenvalue weighted by Gasteiger charge is -2.06. The van der Waals surface area contributed by atoms with E-state index in [9.17, 15) is 0 Å². The fraction of sp³-hybridized carbons (Fsp3) is 0.333. The number of ether oxygens (including phenoxy) is 1. The van der Waals surface area contributed by atoms with Crippen LogP contribution in [0.15, 0.2) is 27.8 Å². The Labute approximate surface area is 89.6 Å². The number of azide groups is 1. The Bertz CT molecular complexity index is 401. The molecule has 1 unspecified atom stereocenters. The maximum Gasteiger partial charge on any atom is 0.0889 e. The van der Waals surface area contributed by atoms with Crippen molar-refractivity contribution >= 4 is 15.9 Å². The minimum absolute atomic E-state index is 0.0750. The smallest absolute Gasteiger partial charge is 0.0889 e. The molecule has 1 aliphatic heterocycles. The maximum atomic E-state index is 8.21. The van der Waals surface area contributed by atoms with Crippen LogP contribution in [0.1, 0.15) is 17.2 Å². The number of hydrogen-bond donors (Lipinski definition) is 0. The predicted octanol–water partition coefficient (Wildman–Crippen LogP) is 3.33. The van der Waals surface area contributed by atoms with Crippen molar-refractivity contribution in [2.24, 2.45) is 5.11 Å². The predicted molar refractivity (Wildman–Crippen MR) is 55.7 cm³/mol. The van der Waals surface area contributed by atoms with Crippen molar-refractivity contribution in [2.45, 2.75) is 12.7 Å². The van der Waals surface area contributed by atoms with Crippen molar-refractivity contribution in [3.8, 4) is 0 Å². The number of nitrogens with zero attached hydrogens (tertiary/aromatic N) is 3. The zero-order valence-electron chi connectivity index (χ0n) is 7.35. The molecule has 0 bridgehead atoms. The van der Waals surface area contributed by atoms with Gasteiger partial charge in [0.15, 0.2) is 0 Å². The molecule has 0 saturated carbocycles. The third-order valence-corrected chi connectivity index (χ3v) is 2.70. The van der Waals surface area contributed by atoms with Crippen LogP contribution in [0.2, 0.25) is 0 Å². The molecule has 1 aliphatic rings. The van der Waals surface area contributed by atoms with Gasteiger partial charge in [-0.05, 0) is 28.8 Å². The normalized spacial score (nSPS) is 18.8. The van der Waals surface area contributed by atoms with Gasteiger partial charge in [0.05, 0.1) is 19.3 Å². The molecule has 14 heavy (non-hydrogen) atoms. The van der Waals surface area contributed by atoms with Crippen molar-refractivity contribution in [1.82, 2.24) is 0 Å². The number of hydrogen-bond acceptors (Lipinski definition) is 2. The van der Waals surface area contributed by atoms with Gasteiger partial charge in [0.2, 0.25) is 0 Å². The zero-order valence-corrected chi connectivity index (χ0v) is 8.94. The highest BCUT2D eigenvalue weighted by Gasteiger charge is 2.22. The van der Waals surface area contributed by atoms with Crippen LogP contribution in [0.25, 0.3) is 10.4 Å². The molecule has 1 atom stereocenters. The van der Waals surface area contributed by atoms with Crippen molar-refractivity contribution < 1.29 is 4.74 Å². The molecule has 0 aliphatic carbocycles. The van der Waals surface area contributed by atoms with Gasteiger partial charge in [-0.1, -0.05) is 27.1 Å². The van der Waals surface area contributed by atoms with Crippen LogP contribution in [0.5, 0.6) is 0 Å². The third kappa shape index (κ3) is 1.75. The Morgan fingerprint density at radius 3 is 3.29 bits per heavy atom. The van der Waals surface area contributed by atoms with Gasteiger partial charge in [-0.2, -0.15) is 0 Å². The average Bonchev–Trinajstić information content (AvgIpc) is 2.57. The minimum Gasteiger partial charge on any atom is -0.369 e. The molecule has 2 rings (SSSR count). The number of fused-ring (bicyclic) bond motifs is 1. The quantitative estimate of drug-likeness (QED) is 0.453. The first-order chi connectivity index (χ1) is 6.81. The Balaban J connectivity index is 2.26. The monoisotopic (exact) mass is 253 g/mol. The van der Waals surface area contributed by atoms with Gasteiger partial charge in [-0.25, -0.2) is 0 Å². The Morgan fingerprint density at radius 1 is 1.64 bits per heavy atom. The molecule has 0 amide bonds. The SMILES string of the molecule is [N-]=[N+]=NCC1OCc2cc(Br)ccc21. The van der Waals surface area contributed by atoms with E-state index in [-0.39, 0.29) is 6.10 Å². The number of benzene rings is 1. The Kier molecular flexibility index (Phi) is 2.72. The highest BCUT2D eigenvalue weighted by molar-refractivity contribution is 9.10. The zero-order chi connectivity index (χ0) is 9.97. The van der Waals surface area contributed by atoms with Crippen LogP contribution in [-0.4, -0.2) is 6.54 Å². The molecule has 0 aromatic heterocycles. The number of rotatable bonds is 2. The highest BCUT2D eigenvalue weighted by atomic mass is 79.9. The summed E-state index contributed by atoms with van der Waals surface area (Å²) in [5.74, 6) is 0. The van der Waals surface area contributed by atoms with Crippen LogP contribution in [-0.2, 0) is 11.3 Å². The fourth-order valence-corrected chi connectivity index (χ4v) is 1.96. The van der Waals surface area contributed by atoms with Crippen LogP contribution >= 0.6 is 15.9 Å². The van der Waals surface area contributed by atoms with Gasteiger partial charge in [0, 0.05) is 9.38 Å². The van der Waals surface area contributed by atoms with E-state index in [4.69, 9.17) is 10.3 Å². The molecule has 5 heteroatoms. The summed E-state index contributed by atoms with van der Waals surface area (Å²) in [5, 5.41) is 3.52. The van der Waals surface area contributed by atoms with E-state index in [2.05, 4.69) is 26.0 Å². The van der Waals surface area contributed by atoms with Crippen LogP contribution in [0.3, 0.4) is 0 Å². The molecule has 1 heterocycles. The van der Waals surface area contributed by atoms with Crippen molar-refractivity contribution in [2.75, 3.05) is 6.54 Å². The van der Waals surface area contributed by atoms with Crippen LogP contribution in [0.4, 0.5) is 0 Å². The standard InChI is InChI=1S/C9H8BrN3O/c10-7-1-2-8-6(3-7)5-14-9(8)4-12-13-11/h1-3,9H,4-5H2. The van der Waals surface area contributed by atoms with Gasteiger partial charge < -0.3 is 4.74 Å². The largest absolute Gasteiger partial charge is 0.369 e. The first kappa shape index (κ1) is 9.52. The first-order valence-corrected chi connectivity index (χ1v) is 5.01. The van der Waals surface area contributed by atoms with E-state index in [0.717, 1.165) is 15.6 Å². The van der Waals surface area contributed by atoms with Crippen LogP contribution < -0.4 is 0 Å². The molecule has 0 radical (unpaired) electrons. The molecule has 1 aromatic carbocycles. The first-order valence-electron chi connectivity index (χ1n) is 4.22. The summed E-state index contributed by atoms with van der Waals surface area (Å²) in [6.07, 6.45) is -0.0750. The second-order valence-electron chi connectivity index (χ2n) is 3.06. The molecule has 1 aromatic rings. The lowest BCUT2D eigenvalue weighted by atomic mass is 10.1. The molecule has 0 N–H and O–H groups in total. The van der Waals surface area contributed by atoms with E-state index in [1.807, 2.05) is 18.2 Å². The molecule has 0 fully saturated rings. The van der Waals surface area contributed by atoms with E-state index in [1.165, 1.54) is 0 Å². The summed E-state index contributed by atoms with van der Waals surface area (Å²) < 4.78 is 6.54. The lowest BCUT2D eigenvalue weighted by Crippen LogP contribution is -1.98. The van der Waals surface area contributed by atoms with Crippen molar-refractivity contribution in [1.29, 1.82) is 0 Å². The van der Waals surface area contributed by atoms with Crippen molar-refractivity contribution in [3.63, 3.8) is 0 Å². The van der Waals surface area contributed by atoms with E-state index in [1.54, 1.807) is 0 Å². The highest BCUT2D eigenvalue weighted by Crippen LogP contribution is 2.32. The second kappa shape index (κ2) is 4.00. The minimum atomic E-state index is -0.0750. The summed E-state index contributed by atoms with van der Waals surface area (Å²) in [6, 6.07) is 6.01. The maximum absolute atomic E-state index is 8.21. The van der Waals surface area contributed by atoms with Gasteiger partial charge >= 0.3 is 0 Å². The molecule has 4 nitrogen and oxygen atoms in total. The molecule has 0 saturated heterocycles. The fourth-order valence-electron chi connectivity index (χ4n) is 1.56.